The summed E-state index contributed by atoms with van der Waals surface area (Å²) in [6, 6.07) is 27.5. The van der Waals surface area contributed by atoms with Crippen LogP contribution in [-0.2, 0) is 7.05 Å². The molecule has 0 aliphatic heterocycles. The number of hydrogen-bond donors (Lipinski definition) is 0. The quantitative estimate of drug-likeness (QED) is 0.254. The fourth-order valence-electron chi connectivity index (χ4n) is 4.98. The van der Waals surface area contributed by atoms with Crippen LogP contribution >= 0.6 is 0 Å². The van der Waals surface area contributed by atoms with Crippen LogP contribution in [0.1, 0.15) is 58.9 Å². The van der Waals surface area contributed by atoms with E-state index in [0.29, 0.717) is 0 Å². The molecular formula is C31H33N2+. The molecule has 0 N–H and O–H groups in total. The highest BCUT2D eigenvalue weighted by atomic mass is 15.2. The van der Waals surface area contributed by atoms with Gasteiger partial charge in [-0.2, -0.15) is 4.57 Å². The highest BCUT2D eigenvalue weighted by molar-refractivity contribution is 5.96. The van der Waals surface area contributed by atoms with Gasteiger partial charge in [0, 0.05) is 13.9 Å². The first-order chi connectivity index (χ1) is 16.5. The minimum absolute atomic E-state index is 0.842. The van der Waals surface area contributed by atoms with Crippen molar-refractivity contribution in [2.75, 3.05) is 0 Å². The Morgan fingerprint density at radius 1 is 0.758 bits per heavy atom. The Morgan fingerprint density at radius 3 is 1.94 bits per heavy atom. The van der Waals surface area contributed by atoms with E-state index in [1.165, 1.54) is 16.3 Å². The number of nitrogens with zero attached hydrogens (tertiary/aromatic N) is 2. The van der Waals surface area contributed by atoms with Crippen molar-refractivity contribution in [1.82, 2.24) is 4.57 Å². The van der Waals surface area contributed by atoms with E-state index < -0.39 is 11.8 Å². The normalized spacial score (nSPS) is 13.4. The molecule has 0 amide bonds. The highest BCUT2D eigenvalue weighted by Crippen LogP contribution is 2.37. The highest BCUT2D eigenvalue weighted by Gasteiger charge is 2.31. The Morgan fingerprint density at radius 2 is 1.33 bits per heavy atom. The molecule has 0 aliphatic carbocycles. The molecule has 0 saturated heterocycles. The molecule has 0 saturated carbocycles. The zero-order valence-corrected chi connectivity index (χ0v) is 20.4. The lowest BCUT2D eigenvalue weighted by Gasteiger charge is -2.18. The number of benzene rings is 4. The summed E-state index contributed by atoms with van der Waals surface area (Å²) in [5, 5.41) is 2.37. The molecule has 5 rings (SSSR count). The van der Waals surface area contributed by atoms with E-state index in [1.54, 1.807) is 0 Å². The summed E-state index contributed by atoms with van der Waals surface area (Å²) < 4.78 is 22.7. The molecule has 166 valence electrons. The third kappa shape index (κ3) is 3.45. The topological polar surface area (TPSA) is 8.81 Å². The van der Waals surface area contributed by atoms with Crippen LogP contribution in [0, 0.1) is 6.92 Å². The van der Waals surface area contributed by atoms with Gasteiger partial charge in [-0.05, 0) is 53.2 Å². The van der Waals surface area contributed by atoms with Crippen molar-refractivity contribution in [3.8, 4) is 17.1 Å². The van der Waals surface area contributed by atoms with Crippen molar-refractivity contribution in [2.24, 2.45) is 7.05 Å². The third-order valence-corrected chi connectivity index (χ3v) is 6.70. The van der Waals surface area contributed by atoms with E-state index in [1.807, 2.05) is 45.9 Å². The van der Waals surface area contributed by atoms with E-state index in [-0.39, 0.29) is 0 Å². The molecular weight excluding hydrogens is 400 g/mol. The van der Waals surface area contributed by atoms with Crippen molar-refractivity contribution in [3.05, 3.63) is 95.6 Å². The summed E-state index contributed by atoms with van der Waals surface area (Å²) in [6.45, 7) is 9.87. The second kappa shape index (κ2) is 8.19. The van der Waals surface area contributed by atoms with Crippen LogP contribution in [-0.4, -0.2) is 4.57 Å². The maximum absolute atomic E-state index is 9.05. The first-order valence-corrected chi connectivity index (χ1v) is 11.6. The van der Waals surface area contributed by atoms with E-state index >= 15 is 0 Å². The summed E-state index contributed by atoms with van der Waals surface area (Å²) >= 11 is 0. The molecule has 0 unspecified atom stereocenters. The van der Waals surface area contributed by atoms with Crippen molar-refractivity contribution < 1.29 is 7.31 Å². The minimum atomic E-state index is -0.842. The van der Waals surface area contributed by atoms with Crippen LogP contribution in [0.3, 0.4) is 0 Å². The number of imidazole rings is 1. The first kappa shape index (κ1) is 19.1. The largest absolute Gasteiger partial charge is 0.295 e. The standard InChI is InChI=1S/C31H33N2/c1-20(2)25-16-11-17-26(21(3)4)30(25)33-29-19-24-14-9-8-13-23(24)18-28(29)32(6)31(33)27-15-10-7-12-22(27)5/h7-21H,1-6H3/q+1/i20D,21D. The van der Waals surface area contributed by atoms with Crippen molar-refractivity contribution in [3.63, 3.8) is 0 Å². The lowest BCUT2D eigenvalue weighted by Crippen LogP contribution is -2.30. The van der Waals surface area contributed by atoms with Crippen LogP contribution in [0.4, 0.5) is 0 Å². The van der Waals surface area contributed by atoms with Gasteiger partial charge in [-0.25, -0.2) is 4.57 Å². The Hall–Kier alpha value is -3.39. The van der Waals surface area contributed by atoms with Crippen molar-refractivity contribution >= 4 is 21.8 Å². The molecule has 0 fully saturated rings. The predicted octanol–water partition coefficient (Wildman–Crippen LogP) is 7.83. The summed E-state index contributed by atoms with van der Waals surface area (Å²) in [4.78, 5) is 0. The maximum atomic E-state index is 9.05. The van der Waals surface area contributed by atoms with Gasteiger partial charge in [0.15, 0.2) is 11.0 Å². The van der Waals surface area contributed by atoms with Gasteiger partial charge in [0.2, 0.25) is 0 Å². The number of rotatable bonds is 4. The molecule has 0 spiro atoms. The first-order valence-electron chi connectivity index (χ1n) is 12.6. The van der Waals surface area contributed by atoms with E-state index in [0.717, 1.165) is 39.2 Å². The maximum Gasteiger partial charge on any atom is 0.295 e. The van der Waals surface area contributed by atoms with Gasteiger partial charge in [0.05, 0.1) is 12.6 Å². The zero-order valence-electron chi connectivity index (χ0n) is 22.4. The van der Waals surface area contributed by atoms with Crippen LogP contribution in [0.5, 0.6) is 0 Å². The number of aryl methyl sites for hydroxylation is 2. The Labute approximate surface area is 199 Å². The van der Waals surface area contributed by atoms with Crippen molar-refractivity contribution in [1.29, 1.82) is 0 Å². The lowest BCUT2D eigenvalue weighted by molar-refractivity contribution is -0.633. The Kier molecular flexibility index (Phi) is 4.74. The van der Waals surface area contributed by atoms with Gasteiger partial charge in [-0.15, -0.1) is 0 Å². The van der Waals surface area contributed by atoms with Gasteiger partial charge in [-0.3, -0.25) is 0 Å². The van der Waals surface area contributed by atoms with Gasteiger partial charge < -0.3 is 0 Å². The summed E-state index contributed by atoms with van der Waals surface area (Å²) in [7, 11) is 2.12. The number of hydrogen-bond acceptors (Lipinski definition) is 0. The monoisotopic (exact) mass is 435 g/mol. The van der Waals surface area contributed by atoms with Crippen LogP contribution in [0.15, 0.2) is 78.9 Å². The predicted molar refractivity (Wildman–Crippen MR) is 140 cm³/mol. The fourth-order valence-corrected chi connectivity index (χ4v) is 4.98. The second-order valence-corrected chi connectivity index (χ2v) is 9.42. The number of fused-ring (bicyclic) bond motifs is 2. The summed E-state index contributed by atoms with van der Waals surface area (Å²) in [5.41, 5.74) is 7.28. The molecule has 0 aliphatic rings. The summed E-state index contributed by atoms with van der Waals surface area (Å²) in [6.07, 6.45) is 0. The molecule has 33 heavy (non-hydrogen) atoms. The van der Waals surface area contributed by atoms with Crippen LogP contribution in [0.25, 0.3) is 38.9 Å². The third-order valence-electron chi connectivity index (χ3n) is 6.70. The van der Waals surface area contributed by atoms with E-state index in [9.17, 15) is 0 Å². The fraction of sp³-hybridized carbons (Fsp3) is 0.258. The van der Waals surface area contributed by atoms with Gasteiger partial charge in [-0.1, -0.05) is 88.4 Å². The average molecular weight is 436 g/mol. The second-order valence-electron chi connectivity index (χ2n) is 9.42. The zero-order chi connectivity index (χ0) is 25.1. The Bertz CT molecular complexity index is 1550. The molecule has 2 heteroatoms. The number of para-hydroxylation sites is 1. The van der Waals surface area contributed by atoms with Gasteiger partial charge in [0.1, 0.15) is 5.69 Å². The smallest absolute Gasteiger partial charge is 0.225 e. The average Bonchev–Trinajstić information content (AvgIpc) is 3.07. The molecule has 0 atom stereocenters. The molecule has 0 radical (unpaired) electrons. The van der Waals surface area contributed by atoms with E-state index in [4.69, 9.17) is 2.74 Å². The lowest BCUT2D eigenvalue weighted by atomic mass is 9.92. The van der Waals surface area contributed by atoms with Gasteiger partial charge >= 0.3 is 0 Å². The van der Waals surface area contributed by atoms with Crippen molar-refractivity contribution in [2.45, 2.75) is 46.4 Å². The molecule has 0 bridgehead atoms. The number of aromatic nitrogens is 2. The van der Waals surface area contributed by atoms with Crippen LogP contribution in [0.2, 0.25) is 0 Å². The molecule has 5 aromatic rings. The Balaban J connectivity index is 2.06. The summed E-state index contributed by atoms with van der Waals surface area (Å²) in [5.74, 6) is -0.632. The molecule has 1 aromatic heterocycles. The van der Waals surface area contributed by atoms with Gasteiger partial charge in [0.25, 0.3) is 5.82 Å². The SMILES string of the molecule is [2H]C(C)(C)c1cccc(C([2H])(C)C)c1-n1c(-c2ccccc2C)[n+](C)c2cc3ccccc3cc21. The minimum Gasteiger partial charge on any atom is -0.225 e. The molecule has 2 nitrogen and oxygen atoms in total. The van der Waals surface area contributed by atoms with Crippen LogP contribution < -0.4 is 4.57 Å². The molecule has 4 aromatic carbocycles. The molecule has 1 heterocycles. The van der Waals surface area contributed by atoms with E-state index in [2.05, 4.69) is 83.8 Å².